The van der Waals surface area contributed by atoms with Crippen LogP contribution in [0, 0.1) is 0 Å². The highest BCUT2D eigenvalue weighted by molar-refractivity contribution is 5.91. The van der Waals surface area contributed by atoms with Crippen LogP contribution in [0.4, 0.5) is 0 Å². The molecule has 0 bridgehead atoms. The molecule has 9 nitrogen and oxygen atoms in total. The smallest absolute Gasteiger partial charge is 0.273 e. The summed E-state index contributed by atoms with van der Waals surface area (Å²) in [4.78, 5) is 12.3. The lowest BCUT2D eigenvalue weighted by atomic mass is 10.0. The molecule has 1 atom stereocenters. The molecule has 1 saturated heterocycles. The van der Waals surface area contributed by atoms with E-state index in [1.807, 2.05) is 0 Å². The van der Waals surface area contributed by atoms with Gasteiger partial charge in [0.25, 0.3) is 5.91 Å². The minimum atomic E-state index is -0.225. The zero-order valence-electron chi connectivity index (χ0n) is 14.3. The largest absolute Gasteiger partial charge is 0.343 e. The highest BCUT2D eigenvalue weighted by atomic mass is 16.2. The van der Waals surface area contributed by atoms with Crippen molar-refractivity contribution in [1.82, 2.24) is 40.4 Å². The van der Waals surface area contributed by atoms with E-state index in [0.29, 0.717) is 18.3 Å². The number of hydrogen-bond donors (Lipinski definition) is 2. The van der Waals surface area contributed by atoms with Crippen LogP contribution in [0.15, 0.2) is 6.20 Å². The van der Waals surface area contributed by atoms with Crippen molar-refractivity contribution in [3.63, 3.8) is 0 Å². The van der Waals surface area contributed by atoms with Gasteiger partial charge in [-0.1, -0.05) is 11.6 Å². The average Bonchev–Trinajstić information content (AvgIpc) is 3.36. The van der Waals surface area contributed by atoms with E-state index in [-0.39, 0.29) is 5.91 Å². The lowest BCUT2D eigenvalue weighted by Crippen LogP contribution is -2.34. The highest BCUT2D eigenvalue weighted by Gasteiger charge is 2.19. The lowest BCUT2D eigenvalue weighted by molar-refractivity contribution is 0.0944. The Hall–Kier alpha value is -2.29. The van der Waals surface area contributed by atoms with Gasteiger partial charge in [-0.3, -0.25) is 9.48 Å². The molecule has 1 amide bonds. The Kier molecular flexibility index (Phi) is 4.73. The normalized spacial score (nSPS) is 19.8. The van der Waals surface area contributed by atoms with Crippen molar-refractivity contribution in [3.8, 4) is 0 Å². The van der Waals surface area contributed by atoms with E-state index < -0.39 is 0 Å². The molecular weight excluding hydrogens is 320 g/mol. The molecular formula is C16H24N8O. The molecule has 2 aliphatic heterocycles. The molecule has 2 N–H and O–H groups in total. The van der Waals surface area contributed by atoms with E-state index in [1.165, 1.54) is 19.3 Å². The molecule has 2 aliphatic rings. The first kappa shape index (κ1) is 16.2. The number of amides is 1. The fourth-order valence-electron chi connectivity index (χ4n) is 3.56. The molecule has 4 rings (SSSR count). The van der Waals surface area contributed by atoms with Gasteiger partial charge in [0, 0.05) is 25.6 Å². The van der Waals surface area contributed by atoms with Crippen molar-refractivity contribution in [1.29, 1.82) is 0 Å². The third-order valence-electron chi connectivity index (χ3n) is 4.98. The van der Waals surface area contributed by atoms with Crippen LogP contribution in [0.2, 0.25) is 0 Å². The van der Waals surface area contributed by atoms with Crippen LogP contribution in [0.5, 0.6) is 0 Å². The van der Waals surface area contributed by atoms with Crippen LogP contribution < -0.4 is 10.6 Å². The van der Waals surface area contributed by atoms with E-state index in [0.717, 1.165) is 50.5 Å². The van der Waals surface area contributed by atoms with Crippen molar-refractivity contribution in [2.75, 3.05) is 6.54 Å². The highest BCUT2D eigenvalue weighted by Crippen LogP contribution is 2.14. The number of rotatable bonds is 6. The minimum absolute atomic E-state index is 0.225. The molecule has 9 heteroatoms. The topological polar surface area (TPSA) is 103 Å². The Bertz CT molecular complexity index is 730. The van der Waals surface area contributed by atoms with Gasteiger partial charge in [0.05, 0.1) is 12.7 Å². The predicted octanol–water partition coefficient (Wildman–Crippen LogP) is 0.278. The standard InChI is InChI=1S/C16H24N8O/c25-16(18-10-15-21-20-14-5-3-8-24(14)15)13-11-23(22-19-13)9-6-12-4-1-2-7-17-12/h11-12,17H,1-10H2,(H,18,25)/t12-/m0/s1. The molecule has 0 unspecified atom stereocenters. The average molecular weight is 344 g/mol. The molecule has 134 valence electrons. The summed E-state index contributed by atoms with van der Waals surface area (Å²) in [6.07, 6.45) is 8.54. The third kappa shape index (κ3) is 3.71. The van der Waals surface area contributed by atoms with Gasteiger partial charge in [-0.05, 0) is 32.2 Å². The van der Waals surface area contributed by atoms with Gasteiger partial charge in [-0.2, -0.15) is 0 Å². The zero-order valence-corrected chi connectivity index (χ0v) is 14.3. The molecule has 0 aliphatic carbocycles. The molecule has 25 heavy (non-hydrogen) atoms. The Labute approximate surface area is 146 Å². The quantitative estimate of drug-likeness (QED) is 0.780. The molecule has 2 aromatic heterocycles. The van der Waals surface area contributed by atoms with Gasteiger partial charge in [-0.15, -0.1) is 15.3 Å². The first-order chi connectivity index (χ1) is 12.3. The summed E-state index contributed by atoms with van der Waals surface area (Å²) < 4.78 is 3.83. The summed E-state index contributed by atoms with van der Waals surface area (Å²) in [5, 5.41) is 22.7. The fraction of sp³-hybridized carbons (Fsp3) is 0.688. The van der Waals surface area contributed by atoms with E-state index >= 15 is 0 Å². The number of aromatic nitrogens is 6. The van der Waals surface area contributed by atoms with Crippen molar-refractivity contribution in [2.45, 2.75) is 64.2 Å². The first-order valence-corrected chi connectivity index (χ1v) is 9.12. The summed E-state index contributed by atoms with van der Waals surface area (Å²) in [7, 11) is 0. The lowest BCUT2D eigenvalue weighted by Gasteiger charge is -2.23. The van der Waals surface area contributed by atoms with Crippen molar-refractivity contribution < 1.29 is 4.79 Å². The van der Waals surface area contributed by atoms with Gasteiger partial charge >= 0.3 is 0 Å². The van der Waals surface area contributed by atoms with Crippen LogP contribution in [-0.2, 0) is 26.1 Å². The van der Waals surface area contributed by atoms with Crippen LogP contribution in [0.25, 0.3) is 0 Å². The van der Waals surface area contributed by atoms with Crippen LogP contribution in [0.3, 0.4) is 0 Å². The van der Waals surface area contributed by atoms with Gasteiger partial charge in [0.15, 0.2) is 11.5 Å². The fourth-order valence-corrected chi connectivity index (χ4v) is 3.56. The summed E-state index contributed by atoms with van der Waals surface area (Å²) in [6, 6.07) is 0.547. The minimum Gasteiger partial charge on any atom is -0.343 e. The van der Waals surface area contributed by atoms with Crippen LogP contribution in [0.1, 0.15) is 54.2 Å². The summed E-state index contributed by atoms with van der Waals surface area (Å²) in [6.45, 7) is 3.17. The number of aryl methyl sites for hydroxylation is 2. The van der Waals surface area contributed by atoms with E-state index in [1.54, 1.807) is 10.9 Å². The Morgan fingerprint density at radius 2 is 2.24 bits per heavy atom. The third-order valence-corrected chi connectivity index (χ3v) is 4.98. The van der Waals surface area contributed by atoms with Crippen molar-refractivity contribution in [3.05, 3.63) is 23.5 Å². The number of fused-ring (bicyclic) bond motifs is 1. The monoisotopic (exact) mass is 344 g/mol. The van der Waals surface area contributed by atoms with Crippen molar-refractivity contribution >= 4 is 5.91 Å². The second-order valence-electron chi connectivity index (χ2n) is 6.77. The number of piperidine rings is 1. The second-order valence-corrected chi connectivity index (χ2v) is 6.77. The number of nitrogens with one attached hydrogen (secondary N) is 2. The molecule has 0 radical (unpaired) electrons. The Morgan fingerprint density at radius 1 is 1.28 bits per heavy atom. The van der Waals surface area contributed by atoms with Crippen LogP contribution >= 0.6 is 0 Å². The maximum Gasteiger partial charge on any atom is 0.273 e. The number of carbonyl (C=O) groups is 1. The van der Waals surface area contributed by atoms with Gasteiger partial charge in [0.1, 0.15) is 5.82 Å². The van der Waals surface area contributed by atoms with Gasteiger partial charge in [0.2, 0.25) is 0 Å². The molecule has 4 heterocycles. The van der Waals surface area contributed by atoms with Crippen molar-refractivity contribution in [2.24, 2.45) is 0 Å². The predicted molar refractivity (Wildman–Crippen MR) is 89.8 cm³/mol. The molecule has 0 aromatic carbocycles. The molecule has 0 spiro atoms. The Morgan fingerprint density at radius 3 is 3.12 bits per heavy atom. The maximum atomic E-state index is 12.3. The summed E-state index contributed by atoms with van der Waals surface area (Å²) in [5.74, 6) is 1.58. The summed E-state index contributed by atoms with van der Waals surface area (Å²) in [5.41, 5.74) is 0.345. The van der Waals surface area contributed by atoms with E-state index in [9.17, 15) is 4.79 Å². The molecule has 1 fully saturated rings. The van der Waals surface area contributed by atoms with Crippen LogP contribution in [-0.4, -0.2) is 48.3 Å². The number of nitrogens with zero attached hydrogens (tertiary/aromatic N) is 6. The second kappa shape index (κ2) is 7.30. The number of hydrogen-bond acceptors (Lipinski definition) is 6. The van der Waals surface area contributed by atoms with Gasteiger partial charge in [-0.25, -0.2) is 0 Å². The Balaban J connectivity index is 1.28. The first-order valence-electron chi connectivity index (χ1n) is 9.12. The summed E-state index contributed by atoms with van der Waals surface area (Å²) >= 11 is 0. The SMILES string of the molecule is O=C(NCc1nnc2n1CCC2)c1cn(CC[C@@H]2CCCCN2)nn1. The van der Waals surface area contributed by atoms with Gasteiger partial charge < -0.3 is 15.2 Å². The zero-order chi connectivity index (χ0) is 17.1. The molecule has 0 saturated carbocycles. The maximum absolute atomic E-state index is 12.3. The number of carbonyl (C=O) groups excluding carboxylic acids is 1. The van der Waals surface area contributed by atoms with E-state index in [4.69, 9.17) is 0 Å². The molecule has 2 aromatic rings. The van der Waals surface area contributed by atoms with E-state index in [2.05, 4.69) is 35.7 Å².